The zero-order chi connectivity index (χ0) is 20.4. The number of fused-ring (bicyclic) bond motifs is 1. The van der Waals surface area contributed by atoms with Crippen molar-refractivity contribution in [3.05, 3.63) is 70.4 Å². The molecule has 0 aliphatic carbocycles. The first-order valence-electron chi connectivity index (χ1n) is 9.25. The molecule has 29 heavy (non-hydrogen) atoms. The molecule has 2 heterocycles. The topological polar surface area (TPSA) is 61.6 Å². The second-order valence-electron chi connectivity index (χ2n) is 6.91. The summed E-state index contributed by atoms with van der Waals surface area (Å²) in [4.78, 5) is 16.9. The highest BCUT2D eigenvalue weighted by atomic mass is 32.1. The first kappa shape index (κ1) is 19.2. The molecule has 148 valence electrons. The first-order chi connectivity index (χ1) is 14.0. The number of benzene rings is 2. The number of aromatic nitrogens is 1. The summed E-state index contributed by atoms with van der Waals surface area (Å²) < 4.78 is 16.3. The molecule has 6 heteroatoms. The van der Waals surface area contributed by atoms with Gasteiger partial charge in [0.25, 0.3) is 0 Å². The molecule has 4 rings (SSSR count). The number of rotatable bonds is 6. The van der Waals surface area contributed by atoms with Crippen molar-refractivity contribution in [2.24, 2.45) is 0 Å². The summed E-state index contributed by atoms with van der Waals surface area (Å²) in [6, 6.07) is 11.8. The van der Waals surface area contributed by atoms with Gasteiger partial charge in [0, 0.05) is 21.9 Å². The van der Waals surface area contributed by atoms with Gasteiger partial charge in [-0.2, -0.15) is 0 Å². The fraction of sp³-hybridized carbons (Fsp3) is 0.217. The lowest BCUT2D eigenvalue weighted by atomic mass is 10.0. The van der Waals surface area contributed by atoms with Crippen LogP contribution in [0.5, 0.6) is 5.75 Å². The monoisotopic (exact) mass is 407 g/mol. The summed E-state index contributed by atoms with van der Waals surface area (Å²) >= 11 is 1.51. The van der Waals surface area contributed by atoms with E-state index in [1.165, 1.54) is 16.9 Å². The van der Waals surface area contributed by atoms with Gasteiger partial charge >= 0.3 is 5.97 Å². The summed E-state index contributed by atoms with van der Waals surface area (Å²) in [5.74, 6) is 0.477. The highest BCUT2D eigenvalue weighted by molar-refractivity contribution is 7.13. The number of furan rings is 1. The Morgan fingerprint density at radius 2 is 2.00 bits per heavy atom. The number of hydrogen-bond donors (Lipinski definition) is 0. The third kappa shape index (κ3) is 4.17. The van der Waals surface area contributed by atoms with Gasteiger partial charge in [0.2, 0.25) is 0 Å². The van der Waals surface area contributed by atoms with Crippen molar-refractivity contribution >= 4 is 28.3 Å². The third-order valence-electron chi connectivity index (χ3n) is 4.85. The lowest BCUT2D eigenvalue weighted by molar-refractivity contribution is -0.144. The van der Waals surface area contributed by atoms with Gasteiger partial charge in [0.1, 0.15) is 22.9 Å². The molecule has 0 amide bonds. The molecule has 5 nitrogen and oxygen atoms in total. The number of thiazole rings is 1. The standard InChI is InChI=1S/C23H21NO4S/c1-14-7-20-17(11-27-21(20)8-15(14)2)10-22(25)28-12-18-13-29-23(24-18)16-5-4-6-19(9-16)26-3/h4-9,11,13H,10,12H2,1-3H3. The molecular formula is C23H21NO4S. The van der Waals surface area contributed by atoms with E-state index in [4.69, 9.17) is 13.9 Å². The summed E-state index contributed by atoms with van der Waals surface area (Å²) in [6.45, 7) is 4.23. The van der Waals surface area contributed by atoms with E-state index in [0.717, 1.165) is 44.1 Å². The Bertz CT molecular complexity index is 1170. The van der Waals surface area contributed by atoms with Crippen molar-refractivity contribution in [2.45, 2.75) is 26.9 Å². The number of nitrogens with zero attached hydrogens (tertiary/aromatic N) is 1. The summed E-state index contributed by atoms with van der Waals surface area (Å²) in [5.41, 5.74) is 5.66. The van der Waals surface area contributed by atoms with Crippen molar-refractivity contribution in [1.29, 1.82) is 0 Å². The normalized spacial score (nSPS) is 11.0. The predicted molar refractivity (Wildman–Crippen MR) is 113 cm³/mol. The Balaban J connectivity index is 1.40. The molecule has 0 aliphatic rings. The molecule has 0 saturated carbocycles. The van der Waals surface area contributed by atoms with E-state index < -0.39 is 0 Å². The zero-order valence-electron chi connectivity index (χ0n) is 16.5. The number of aryl methyl sites for hydroxylation is 2. The average molecular weight is 407 g/mol. The predicted octanol–water partition coefficient (Wildman–Crippen LogP) is 5.47. The fourth-order valence-electron chi connectivity index (χ4n) is 3.10. The Morgan fingerprint density at radius 1 is 1.17 bits per heavy atom. The third-order valence-corrected chi connectivity index (χ3v) is 5.79. The molecule has 0 unspecified atom stereocenters. The molecule has 0 radical (unpaired) electrons. The van der Waals surface area contributed by atoms with Gasteiger partial charge in [0.05, 0.1) is 25.5 Å². The molecule has 0 atom stereocenters. The molecule has 0 aliphatic heterocycles. The van der Waals surface area contributed by atoms with Crippen LogP contribution in [0.2, 0.25) is 0 Å². The molecule has 2 aromatic carbocycles. The van der Waals surface area contributed by atoms with E-state index >= 15 is 0 Å². The molecular weight excluding hydrogens is 386 g/mol. The van der Waals surface area contributed by atoms with Crippen molar-refractivity contribution in [2.75, 3.05) is 7.11 Å². The Hall–Kier alpha value is -3.12. The van der Waals surface area contributed by atoms with Crippen LogP contribution in [-0.2, 0) is 22.6 Å². The van der Waals surface area contributed by atoms with Gasteiger partial charge in [-0.05, 0) is 49.2 Å². The quantitative estimate of drug-likeness (QED) is 0.397. The average Bonchev–Trinajstić information content (AvgIpc) is 3.35. The second-order valence-corrected chi connectivity index (χ2v) is 7.77. The van der Waals surface area contributed by atoms with E-state index in [1.807, 2.05) is 49.6 Å². The van der Waals surface area contributed by atoms with Crippen LogP contribution in [0.15, 0.2) is 52.5 Å². The van der Waals surface area contributed by atoms with Gasteiger partial charge in [0.15, 0.2) is 0 Å². The molecule has 0 saturated heterocycles. The van der Waals surface area contributed by atoms with E-state index in [1.54, 1.807) is 13.4 Å². The van der Waals surface area contributed by atoms with Gasteiger partial charge in [-0.3, -0.25) is 4.79 Å². The minimum atomic E-state index is -0.304. The lowest BCUT2D eigenvalue weighted by Crippen LogP contribution is -2.08. The van der Waals surface area contributed by atoms with Crippen LogP contribution < -0.4 is 4.74 Å². The number of carbonyl (C=O) groups excluding carboxylic acids is 1. The van der Waals surface area contributed by atoms with E-state index in [0.29, 0.717) is 0 Å². The molecule has 2 aromatic heterocycles. The van der Waals surface area contributed by atoms with Crippen LogP contribution in [0, 0.1) is 13.8 Å². The smallest absolute Gasteiger partial charge is 0.310 e. The van der Waals surface area contributed by atoms with Crippen LogP contribution in [0.3, 0.4) is 0 Å². The maximum absolute atomic E-state index is 12.3. The number of hydrogen-bond acceptors (Lipinski definition) is 6. The first-order valence-corrected chi connectivity index (χ1v) is 10.1. The van der Waals surface area contributed by atoms with E-state index in [2.05, 4.69) is 11.1 Å². The minimum absolute atomic E-state index is 0.146. The van der Waals surface area contributed by atoms with Crippen LogP contribution in [0.25, 0.3) is 21.5 Å². The maximum Gasteiger partial charge on any atom is 0.310 e. The van der Waals surface area contributed by atoms with Crippen LogP contribution in [0.1, 0.15) is 22.4 Å². The number of methoxy groups -OCH3 is 1. The van der Waals surface area contributed by atoms with Crippen molar-refractivity contribution in [3.8, 4) is 16.3 Å². The minimum Gasteiger partial charge on any atom is -0.497 e. The number of ether oxygens (including phenoxy) is 2. The summed E-state index contributed by atoms with van der Waals surface area (Å²) in [5, 5.41) is 3.72. The fourth-order valence-corrected chi connectivity index (χ4v) is 3.90. The SMILES string of the molecule is COc1cccc(-c2nc(COC(=O)Cc3coc4cc(C)c(C)cc34)cs2)c1. The van der Waals surface area contributed by atoms with E-state index in [-0.39, 0.29) is 19.0 Å². The zero-order valence-corrected chi connectivity index (χ0v) is 17.3. The largest absolute Gasteiger partial charge is 0.497 e. The van der Waals surface area contributed by atoms with Crippen LogP contribution >= 0.6 is 11.3 Å². The maximum atomic E-state index is 12.3. The summed E-state index contributed by atoms with van der Waals surface area (Å²) in [6.07, 6.45) is 1.80. The number of esters is 1. The van der Waals surface area contributed by atoms with Gasteiger partial charge < -0.3 is 13.9 Å². The van der Waals surface area contributed by atoms with Crippen molar-refractivity contribution < 1.29 is 18.7 Å². The second kappa shape index (κ2) is 8.09. The van der Waals surface area contributed by atoms with Crippen molar-refractivity contribution in [1.82, 2.24) is 4.98 Å². The molecule has 4 aromatic rings. The summed E-state index contributed by atoms with van der Waals surface area (Å²) in [7, 11) is 1.64. The van der Waals surface area contributed by atoms with Crippen molar-refractivity contribution in [3.63, 3.8) is 0 Å². The number of carbonyl (C=O) groups is 1. The highest BCUT2D eigenvalue weighted by Crippen LogP contribution is 2.28. The van der Waals surface area contributed by atoms with Gasteiger partial charge in [-0.25, -0.2) is 4.98 Å². The Labute approximate surface area is 172 Å². The van der Waals surface area contributed by atoms with Crippen LogP contribution in [-0.4, -0.2) is 18.1 Å². The molecule has 0 spiro atoms. The Morgan fingerprint density at radius 3 is 2.83 bits per heavy atom. The molecule has 0 bridgehead atoms. The molecule has 0 N–H and O–H groups in total. The molecule has 0 fully saturated rings. The van der Waals surface area contributed by atoms with E-state index in [9.17, 15) is 4.79 Å². The van der Waals surface area contributed by atoms with Gasteiger partial charge in [-0.1, -0.05) is 12.1 Å². The Kier molecular flexibility index (Phi) is 5.36. The highest BCUT2D eigenvalue weighted by Gasteiger charge is 2.14. The van der Waals surface area contributed by atoms with Crippen LogP contribution in [0.4, 0.5) is 0 Å². The van der Waals surface area contributed by atoms with Gasteiger partial charge in [-0.15, -0.1) is 11.3 Å². The lowest BCUT2D eigenvalue weighted by Gasteiger charge is -2.03.